The van der Waals surface area contributed by atoms with E-state index in [1.807, 2.05) is 63.2 Å². The van der Waals surface area contributed by atoms with Gasteiger partial charge < -0.3 is 10.4 Å². The quantitative estimate of drug-likeness (QED) is 0.887. The zero-order valence-electron chi connectivity index (χ0n) is 12.5. The van der Waals surface area contributed by atoms with E-state index in [-0.39, 0.29) is 5.91 Å². The number of carbonyl (C=O) groups excluding carboxylic acids is 1. The minimum Gasteiger partial charge on any atom is -0.384 e. The predicted octanol–water partition coefficient (Wildman–Crippen LogP) is 3.31. The topological polar surface area (TPSA) is 49.3 Å². The van der Waals surface area contributed by atoms with Crippen LogP contribution < -0.4 is 5.32 Å². The van der Waals surface area contributed by atoms with Crippen LogP contribution in [0.15, 0.2) is 42.5 Å². The molecular formula is C18H19NO2. The van der Waals surface area contributed by atoms with Crippen molar-refractivity contribution in [3.63, 3.8) is 0 Å². The minimum atomic E-state index is -0.679. The van der Waals surface area contributed by atoms with Gasteiger partial charge in [-0.15, -0.1) is 0 Å². The molecule has 3 heteroatoms. The number of hydrogen-bond acceptors (Lipinski definition) is 2. The van der Waals surface area contributed by atoms with Gasteiger partial charge in [-0.05, 0) is 49.1 Å². The second-order valence-electron chi connectivity index (χ2n) is 6.15. The maximum absolute atomic E-state index is 12.1. The highest BCUT2D eigenvalue weighted by Crippen LogP contribution is 2.41. The van der Waals surface area contributed by atoms with Gasteiger partial charge in [0.25, 0.3) is 0 Å². The number of amides is 1. The van der Waals surface area contributed by atoms with E-state index in [1.54, 1.807) is 0 Å². The number of anilines is 1. The second-order valence-corrected chi connectivity index (χ2v) is 6.15. The second kappa shape index (κ2) is 4.71. The van der Waals surface area contributed by atoms with Gasteiger partial charge in [-0.25, -0.2) is 0 Å². The summed E-state index contributed by atoms with van der Waals surface area (Å²) in [6, 6.07) is 13.4. The third kappa shape index (κ3) is 2.14. The summed E-state index contributed by atoms with van der Waals surface area (Å²) in [5, 5.41) is 13.5. The normalized spacial score (nSPS) is 17.2. The molecule has 21 heavy (non-hydrogen) atoms. The third-order valence-electron chi connectivity index (χ3n) is 4.27. The smallest absolute Gasteiger partial charge is 0.234 e. The summed E-state index contributed by atoms with van der Waals surface area (Å²) < 4.78 is 0. The van der Waals surface area contributed by atoms with Gasteiger partial charge in [-0.3, -0.25) is 4.79 Å². The van der Waals surface area contributed by atoms with Crippen molar-refractivity contribution >= 4 is 11.6 Å². The Kier molecular flexibility index (Phi) is 3.10. The van der Waals surface area contributed by atoms with Crippen molar-refractivity contribution < 1.29 is 9.90 Å². The van der Waals surface area contributed by atoms with E-state index in [4.69, 9.17) is 0 Å². The van der Waals surface area contributed by atoms with E-state index < -0.39 is 11.5 Å². The van der Waals surface area contributed by atoms with Crippen molar-refractivity contribution in [2.75, 3.05) is 5.32 Å². The monoisotopic (exact) mass is 281 g/mol. The molecule has 1 atom stereocenters. The molecule has 0 saturated carbocycles. The van der Waals surface area contributed by atoms with Gasteiger partial charge in [-0.1, -0.05) is 36.4 Å². The van der Waals surface area contributed by atoms with Gasteiger partial charge in [0, 0.05) is 5.69 Å². The summed E-state index contributed by atoms with van der Waals surface area (Å²) >= 11 is 0. The summed E-state index contributed by atoms with van der Waals surface area (Å²) in [6.07, 6.45) is -0.679. The third-order valence-corrected chi connectivity index (χ3v) is 4.27. The number of aliphatic hydroxyl groups is 1. The molecule has 0 spiro atoms. The number of nitrogens with one attached hydrogen (secondary N) is 1. The van der Waals surface area contributed by atoms with E-state index in [1.165, 1.54) is 0 Å². The van der Waals surface area contributed by atoms with Crippen LogP contribution in [-0.2, 0) is 10.2 Å². The highest BCUT2D eigenvalue weighted by Gasteiger charge is 2.39. The first-order chi connectivity index (χ1) is 9.91. The zero-order valence-corrected chi connectivity index (χ0v) is 12.5. The maximum atomic E-state index is 12.1. The van der Waals surface area contributed by atoms with Gasteiger partial charge in [0.1, 0.15) is 6.10 Å². The molecule has 0 aliphatic carbocycles. The number of carbonyl (C=O) groups is 1. The standard InChI is InChI=1S/C18H19NO2/c1-11-9-13(16(20)12-7-5-4-6-8-12)10-14-15(11)19-17(21)18(14,2)3/h4-10,16,20H,1-3H3,(H,19,21). The lowest BCUT2D eigenvalue weighted by molar-refractivity contribution is -0.119. The van der Waals surface area contributed by atoms with E-state index in [0.717, 1.165) is 27.9 Å². The Morgan fingerprint density at radius 1 is 1.10 bits per heavy atom. The van der Waals surface area contributed by atoms with E-state index in [0.29, 0.717) is 0 Å². The minimum absolute atomic E-state index is 0.00644. The van der Waals surface area contributed by atoms with Crippen molar-refractivity contribution in [3.8, 4) is 0 Å². The first-order valence-corrected chi connectivity index (χ1v) is 7.11. The summed E-state index contributed by atoms with van der Waals surface area (Å²) in [6.45, 7) is 5.78. The largest absolute Gasteiger partial charge is 0.384 e. The van der Waals surface area contributed by atoms with Crippen molar-refractivity contribution in [1.82, 2.24) is 0 Å². The molecule has 3 rings (SSSR count). The SMILES string of the molecule is Cc1cc(C(O)c2ccccc2)cc2c1NC(=O)C2(C)C. The fourth-order valence-corrected chi connectivity index (χ4v) is 2.85. The van der Waals surface area contributed by atoms with Crippen LogP contribution in [0.1, 0.15) is 42.2 Å². The molecular weight excluding hydrogens is 262 g/mol. The summed E-state index contributed by atoms with van der Waals surface area (Å²) in [4.78, 5) is 12.1. The number of rotatable bonds is 2. The summed E-state index contributed by atoms with van der Waals surface area (Å²) in [5.41, 5.74) is 3.93. The average molecular weight is 281 g/mol. The number of fused-ring (bicyclic) bond motifs is 1. The van der Waals surface area contributed by atoms with Crippen LogP contribution in [0, 0.1) is 6.92 Å². The lowest BCUT2D eigenvalue weighted by atomic mass is 9.83. The van der Waals surface area contributed by atoms with Gasteiger partial charge in [0.05, 0.1) is 5.41 Å². The molecule has 1 aliphatic heterocycles. The van der Waals surface area contributed by atoms with E-state index >= 15 is 0 Å². The van der Waals surface area contributed by atoms with Gasteiger partial charge in [0.2, 0.25) is 5.91 Å². The van der Waals surface area contributed by atoms with Crippen molar-refractivity contribution in [1.29, 1.82) is 0 Å². The molecule has 0 saturated heterocycles. The van der Waals surface area contributed by atoms with Crippen LogP contribution >= 0.6 is 0 Å². The molecule has 2 aromatic carbocycles. The molecule has 1 aliphatic rings. The van der Waals surface area contributed by atoms with E-state index in [9.17, 15) is 9.90 Å². The first kappa shape index (κ1) is 13.8. The Hall–Kier alpha value is -2.13. The molecule has 0 bridgehead atoms. The molecule has 3 nitrogen and oxygen atoms in total. The lowest BCUT2D eigenvalue weighted by Gasteiger charge is -2.19. The fourth-order valence-electron chi connectivity index (χ4n) is 2.85. The van der Waals surface area contributed by atoms with Crippen LogP contribution in [0.2, 0.25) is 0 Å². The molecule has 2 N–H and O–H groups in total. The highest BCUT2D eigenvalue weighted by molar-refractivity contribution is 6.06. The molecule has 1 unspecified atom stereocenters. The Balaban J connectivity index is 2.10. The van der Waals surface area contributed by atoms with Crippen LogP contribution in [-0.4, -0.2) is 11.0 Å². The molecule has 0 fully saturated rings. The number of aliphatic hydroxyl groups excluding tert-OH is 1. The average Bonchev–Trinajstić information content (AvgIpc) is 2.71. The highest BCUT2D eigenvalue weighted by atomic mass is 16.3. The van der Waals surface area contributed by atoms with Gasteiger partial charge in [-0.2, -0.15) is 0 Å². The number of aryl methyl sites for hydroxylation is 1. The van der Waals surface area contributed by atoms with Crippen molar-refractivity contribution in [2.24, 2.45) is 0 Å². The van der Waals surface area contributed by atoms with Crippen molar-refractivity contribution in [2.45, 2.75) is 32.3 Å². The number of benzene rings is 2. The molecule has 2 aromatic rings. The molecule has 108 valence electrons. The maximum Gasteiger partial charge on any atom is 0.234 e. The van der Waals surface area contributed by atoms with Gasteiger partial charge >= 0.3 is 0 Å². The van der Waals surface area contributed by atoms with Gasteiger partial charge in [0.15, 0.2) is 0 Å². The summed E-state index contributed by atoms with van der Waals surface area (Å²) in [7, 11) is 0. The van der Waals surface area contributed by atoms with Crippen LogP contribution in [0.4, 0.5) is 5.69 Å². The Labute approximate surface area is 124 Å². The predicted molar refractivity (Wildman–Crippen MR) is 83.3 cm³/mol. The first-order valence-electron chi connectivity index (χ1n) is 7.11. The Morgan fingerprint density at radius 2 is 1.76 bits per heavy atom. The fraction of sp³-hybridized carbons (Fsp3) is 0.278. The lowest BCUT2D eigenvalue weighted by Crippen LogP contribution is -2.26. The summed E-state index contributed by atoms with van der Waals surface area (Å²) in [5.74, 6) is 0.00644. The molecule has 1 heterocycles. The van der Waals surface area contributed by atoms with Crippen LogP contribution in [0.25, 0.3) is 0 Å². The molecule has 1 amide bonds. The molecule has 0 aromatic heterocycles. The van der Waals surface area contributed by atoms with Crippen LogP contribution in [0.3, 0.4) is 0 Å². The Bertz CT molecular complexity index is 705. The van der Waals surface area contributed by atoms with Crippen LogP contribution in [0.5, 0.6) is 0 Å². The van der Waals surface area contributed by atoms with Crippen molar-refractivity contribution in [3.05, 3.63) is 64.7 Å². The van der Waals surface area contributed by atoms with E-state index in [2.05, 4.69) is 5.32 Å². The Morgan fingerprint density at radius 3 is 2.43 bits per heavy atom. The zero-order chi connectivity index (χ0) is 15.2. The number of hydrogen-bond donors (Lipinski definition) is 2. The molecule has 0 radical (unpaired) electrons.